The molecule has 0 aliphatic rings. The number of nitrogens with one attached hydrogen (secondary N) is 1. The van der Waals surface area contributed by atoms with Gasteiger partial charge in [0.2, 0.25) is 0 Å². The maximum atomic E-state index is 11.1. The first-order chi connectivity index (χ1) is 7.08. The summed E-state index contributed by atoms with van der Waals surface area (Å²) in [6.07, 6.45) is 1.76. The Hall–Kier alpha value is -1.08. The Morgan fingerprint density at radius 3 is 3.00 bits per heavy atom. The molecule has 1 atom stereocenters. The molecule has 7 heteroatoms. The SMILES string of the molecule is COCCC(C)(Sc1ncn[nH]1)C(=O)O. The highest BCUT2D eigenvalue weighted by Crippen LogP contribution is 2.33. The van der Waals surface area contributed by atoms with E-state index in [4.69, 9.17) is 9.84 Å². The Bertz CT molecular complexity index is 317. The van der Waals surface area contributed by atoms with E-state index >= 15 is 0 Å². The summed E-state index contributed by atoms with van der Waals surface area (Å²) in [5.74, 6) is -0.888. The number of methoxy groups -OCH3 is 1. The van der Waals surface area contributed by atoms with E-state index in [1.165, 1.54) is 6.33 Å². The zero-order valence-corrected chi connectivity index (χ0v) is 9.37. The first kappa shape index (κ1) is 12.0. The summed E-state index contributed by atoms with van der Waals surface area (Å²) >= 11 is 1.14. The van der Waals surface area contributed by atoms with E-state index in [1.807, 2.05) is 0 Å². The summed E-state index contributed by atoms with van der Waals surface area (Å²) in [4.78, 5) is 15.0. The van der Waals surface area contributed by atoms with Crippen molar-refractivity contribution >= 4 is 17.7 Å². The largest absolute Gasteiger partial charge is 0.480 e. The van der Waals surface area contributed by atoms with Crippen LogP contribution in [0.3, 0.4) is 0 Å². The van der Waals surface area contributed by atoms with Gasteiger partial charge in [0.1, 0.15) is 11.1 Å². The summed E-state index contributed by atoms with van der Waals surface area (Å²) in [5.41, 5.74) is 0. The molecule has 0 aliphatic heterocycles. The van der Waals surface area contributed by atoms with Crippen molar-refractivity contribution in [3.05, 3.63) is 6.33 Å². The van der Waals surface area contributed by atoms with E-state index in [1.54, 1.807) is 14.0 Å². The molecular weight excluding hydrogens is 218 g/mol. The van der Waals surface area contributed by atoms with E-state index in [-0.39, 0.29) is 0 Å². The molecule has 1 unspecified atom stereocenters. The number of aromatic amines is 1. The molecule has 84 valence electrons. The summed E-state index contributed by atoms with van der Waals surface area (Å²) in [5, 5.41) is 15.9. The molecule has 6 nitrogen and oxygen atoms in total. The van der Waals surface area contributed by atoms with Gasteiger partial charge >= 0.3 is 5.97 Å². The minimum Gasteiger partial charge on any atom is -0.480 e. The Labute approximate surface area is 91.4 Å². The van der Waals surface area contributed by atoms with Crippen molar-refractivity contribution in [1.82, 2.24) is 15.2 Å². The molecule has 0 aliphatic carbocycles. The molecule has 1 heterocycles. The van der Waals surface area contributed by atoms with Crippen molar-refractivity contribution in [2.75, 3.05) is 13.7 Å². The molecule has 15 heavy (non-hydrogen) atoms. The number of H-pyrrole nitrogens is 1. The summed E-state index contributed by atoms with van der Waals surface area (Å²) < 4.78 is 3.94. The van der Waals surface area contributed by atoms with Crippen LogP contribution in [0.15, 0.2) is 11.5 Å². The Balaban J connectivity index is 2.68. The fourth-order valence-electron chi connectivity index (χ4n) is 0.955. The van der Waals surface area contributed by atoms with Crippen LogP contribution in [0.1, 0.15) is 13.3 Å². The number of carboxylic acid groups (broad SMARTS) is 1. The van der Waals surface area contributed by atoms with Crippen molar-refractivity contribution in [2.24, 2.45) is 0 Å². The minimum absolute atomic E-state index is 0.393. The highest BCUT2D eigenvalue weighted by Gasteiger charge is 2.35. The van der Waals surface area contributed by atoms with Crippen LogP contribution >= 0.6 is 11.8 Å². The summed E-state index contributed by atoms with van der Waals surface area (Å²) in [6.45, 7) is 2.03. The van der Waals surface area contributed by atoms with Crippen LogP contribution in [-0.4, -0.2) is 44.7 Å². The van der Waals surface area contributed by atoms with Crippen LogP contribution in [0.25, 0.3) is 0 Å². The second-order valence-corrected chi connectivity index (χ2v) is 4.66. The van der Waals surface area contributed by atoms with Gasteiger partial charge in [0.25, 0.3) is 0 Å². The third-order valence-corrected chi connectivity index (χ3v) is 3.17. The number of ether oxygens (including phenoxy) is 1. The molecule has 0 fully saturated rings. The molecule has 0 radical (unpaired) electrons. The lowest BCUT2D eigenvalue weighted by Crippen LogP contribution is -2.32. The molecule has 0 amide bonds. The minimum atomic E-state index is -0.949. The maximum absolute atomic E-state index is 11.1. The van der Waals surface area contributed by atoms with Crippen LogP contribution in [-0.2, 0) is 9.53 Å². The quantitative estimate of drug-likeness (QED) is 0.703. The predicted molar refractivity (Wildman–Crippen MR) is 54.8 cm³/mol. The van der Waals surface area contributed by atoms with Crippen molar-refractivity contribution in [3.8, 4) is 0 Å². The number of carboxylic acids is 1. The van der Waals surface area contributed by atoms with Gasteiger partial charge in [-0.1, -0.05) is 11.8 Å². The molecule has 0 aromatic carbocycles. The van der Waals surface area contributed by atoms with Crippen LogP contribution in [0.4, 0.5) is 0 Å². The van der Waals surface area contributed by atoms with Crippen LogP contribution in [0.5, 0.6) is 0 Å². The van der Waals surface area contributed by atoms with Gasteiger partial charge < -0.3 is 9.84 Å². The van der Waals surface area contributed by atoms with Gasteiger partial charge in [0, 0.05) is 13.7 Å². The Kier molecular flexibility index (Phi) is 4.10. The number of carbonyl (C=O) groups is 1. The van der Waals surface area contributed by atoms with Crippen molar-refractivity contribution in [2.45, 2.75) is 23.2 Å². The molecule has 0 spiro atoms. The molecule has 0 saturated carbocycles. The van der Waals surface area contributed by atoms with E-state index in [0.29, 0.717) is 18.2 Å². The molecule has 2 N–H and O–H groups in total. The molecule has 0 bridgehead atoms. The van der Waals surface area contributed by atoms with E-state index in [2.05, 4.69) is 15.2 Å². The van der Waals surface area contributed by atoms with Crippen molar-refractivity contribution in [1.29, 1.82) is 0 Å². The Morgan fingerprint density at radius 1 is 1.80 bits per heavy atom. The van der Waals surface area contributed by atoms with Crippen LogP contribution in [0, 0.1) is 0 Å². The van der Waals surface area contributed by atoms with E-state index < -0.39 is 10.7 Å². The van der Waals surface area contributed by atoms with Gasteiger partial charge in [-0.05, 0) is 13.3 Å². The zero-order chi connectivity index (χ0) is 11.3. The van der Waals surface area contributed by atoms with Crippen molar-refractivity contribution in [3.63, 3.8) is 0 Å². The number of aliphatic carboxylic acids is 1. The summed E-state index contributed by atoms with van der Waals surface area (Å²) in [6, 6.07) is 0. The number of aromatic nitrogens is 3. The molecule has 1 aromatic rings. The van der Waals surface area contributed by atoms with E-state index in [0.717, 1.165) is 11.8 Å². The highest BCUT2D eigenvalue weighted by atomic mass is 32.2. The van der Waals surface area contributed by atoms with Crippen LogP contribution in [0.2, 0.25) is 0 Å². The number of thioether (sulfide) groups is 1. The fraction of sp³-hybridized carbons (Fsp3) is 0.625. The highest BCUT2D eigenvalue weighted by molar-refractivity contribution is 8.01. The second-order valence-electron chi connectivity index (χ2n) is 3.17. The van der Waals surface area contributed by atoms with Gasteiger partial charge in [-0.25, -0.2) is 4.98 Å². The van der Waals surface area contributed by atoms with Gasteiger partial charge in [0.05, 0.1) is 0 Å². The second kappa shape index (κ2) is 5.13. The lowest BCUT2D eigenvalue weighted by atomic mass is 10.1. The third kappa shape index (κ3) is 3.21. The monoisotopic (exact) mass is 231 g/mol. The summed E-state index contributed by atoms with van der Waals surface area (Å²) in [7, 11) is 1.54. The lowest BCUT2D eigenvalue weighted by molar-refractivity contribution is -0.139. The van der Waals surface area contributed by atoms with Crippen molar-refractivity contribution < 1.29 is 14.6 Å². The molecule has 0 saturated heterocycles. The number of hydrogen-bond acceptors (Lipinski definition) is 5. The van der Waals surface area contributed by atoms with Gasteiger partial charge in [-0.3, -0.25) is 9.89 Å². The topological polar surface area (TPSA) is 88.1 Å². The lowest BCUT2D eigenvalue weighted by Gasteiger charge is -2.21. The van der Waals surface area contributed by atoms with Gasteiger partial charge in [0.15, 0.2) is 5.16 Å². The number of nitrogens with zero attached hydrogens (tertiary/aromatic N) is 2. The average Bonchev–Trinajstić information content (AvgIpc) is 2.67. The molecule has 1 rings (SSSR count). The predicted octanol–water partition coefficient (Wildman–Crippen LogP) is 0.777. The standard InChI is InChI=1S/C8H13N3O3S/c1-8(6(12)13,3-4-14-2)15-7-9-5-10-11-7/h5H,3-4H2,1-2H3,(H,12,13)(H,9,10,11). The van der Waals surface area contributed by atoms with Gasteiger partial charge in [-0.2, -0.15) is 5.10 Å². The normalized spacial score (nSPS) is 14.8. The maximum Gasteiger partial charge on any atom is 0.320 e. The number of hydrogen-bond donors (Lipinski definition) is 2. The third-order valence-electron chi connectivity index (χ3n) is 1.95. The molecular formula is C8H13N3O3S. The van der Waals surface area contributed by atoms with Crippen LogP contribution < -0.4 is 0 Å². The molecule has 1 aromatic heterocycles. The first-order valence-corrected chi connectivity index (χ1v) is 5.17. The number of rotatable bonds is 6. The first-order valence-electron chi connectivity index (χ1n) is 4.35. The fourth-order valence-corrected chi connectivity index (χ4v) is 1.85. The van der Waals surface area contributed by atoms with E-state index in [9.17, 15) is 4.79 Å². The van der Waals surface area contributed by atoms with Gasteiger partial charge in [-0.15, -0.1) is 0 Å². The average molecular weight is 231 g/mol. The Morgan fingerprint density at radius 2 is 2.53 bits per heavy atom. The zero-order valence-electron chi connectivity index (χ0n) is 8.56. The smallest absolute Gasteiger partial charge is 0.320 e.